The summed E-state index contributed by atoms with van der Waals surface area (Å²) in [4.78, 5) is 2.32. The molecule has 0 heterocycles. The summed E-state index contributed by atoms with van der Waals surface area (Å²) in [5.41, 5.74) is 2.58. The van der Waals surface area contributed by atoms with Crippen LogP contribution < -0.4 is 4.90 Å². The van der Waals surface area contributed by atoms with Crippen LogP contribution in [0.4, 0.5) is 5.69 Å². The van der Waals surface area contributed by atoms with Crippen molar-refractivity contribution in [2.45, 2.75) is 12.3 Å². The lowest BCUT2D eigenvalue weighted by Gasteiger charge is -2.25. The van der Waals surface area contributed by atoms with Gasteiger partial charge in [-0.05, 0) is 24.6 Å². The van der Waals surface area contributed by atoms with Crippen molar-refractivity contribution < 1.29 is 4.74 Å². The molecule has 4 heteroatoms. The van der Waals surface area contributed by atoms with E-state index in [-0.39, 0.29) is 0 Å². The quantitative estimate of drug-likeness (QED) is 0.723. The van der Waals surface area contributed by atoms with Crippen molar-refractivity contribution in [3.8, 4) is 0 Å². The highest BCUT2D eigenvalue weighted by Crippen LogP contribution is 2.26. The number of nitrogens with zero attached hydrogens (tertiary/aromatic N) is 1. The number of alkyl halides is 1. The van der Waals surface area contributed by atoms with Gasteiger partial charge in [-0.15, -0.1) is 0 Å². The van der Waals surface area contributed by atoms with E-state index < -0.39 is 0 Å². The van der Waals surface area contributed by atoms with E-state index in [2.05, 4.69) is 61.9 Å². The van der Waals surface area contributed by atoms with Crippen LogP contribution in [0.3, 0.4) is 0 Å². The smallest absolute Gasteiger partial charge is 0.0637 e. The normalized spacial score (nSPS) is 10.5. The third-order valence-corrected chi connectivity index (χ3v) is 3.58. The van der Waals surface area contributed by atoms with Crippen molar-refractivity contribution in [1.82, 2.24) is 0 Å². The van der Waals surface area contributed by atoms with Gasteiger partial charge < -0.3 is 9.64 Å². The van der Waals surface area contributed by atoms with E-state index >= 15 is 0 Å². The lowest BCUT2D eigenvalue weighted by molar-refractivity contribution is 0.205. The number of rotatable bonds is 6. The average Bonchev–Trinajstić information content (AvgIpc) is 2.30. The molecule has 0 aliphatic rings. The summed E-state index contributed by atoms with van der Waals surface area (Å²) in [6, 6.07) is 6.38. The SMILES string of the molecule is CCN(CCOC)c1cc(Br)ccc1CBr. The standard InChI is InChI=1S/C12H17Br2NO/c1-3-15(6-7-16-2)12-8-11(14)5-4-10(12)9-13/h4-5,8H,3,6-7,9H2,1-2H3. The first-order valence-electron chi connectivity index (χ1n) is 5.31. The monoisotopic (exact) mass is 349 g/mol. The van der Waals surface area contributed by atoms with Gasteiger partial charge in [0, 0.05) is 35.7 Å². The highest BCUT2D eigenvalue weighted by atomic mass is 79.9. The molecule has 0 fully saturated rings. The first-order chi connectivity index (χ1) is 7.72. The van der Waals surface area contributed by atoms with Crippen LogP contribution in [0.15, 0.2) is 22.7 Å². The van der Waals surface area contributed by atoms with Crippen molar-refractivity contribution in [3.05, 3.63) is 28.2 Å². The van der Waals surface area contributed by atoms with Crippen molar-refractivity contribution in [1.29, 1.82) is 0 Å². The van der Waals surface area contributed by atoms with Gasteiger partial charge in [-0.1, -0.05) is 37.9 Å². The van der Waals surface area contributed by atoms with Gasteiger partial charge in [-0.25, -0.2) is 0 Å². The molecular weight excluding hydrogens is 334 g/mol. The molecule has 0 bridgehead atoms. The first kappa shape index (κ1) is 14.0. The number of likely N-dealkylation sites (N-methyl/N-ethyl adjacent to an activating group) is 1. The predicted octanol–water partition coefficient (Wildman–Crippen LogP) is 3.82. The summed E-state index contributed by atoms with van der Waals surface area (Å²) >= 11 is 7.04. The maximum atomic E-state index is 5.13. The molecule has 0 aliphatic carbocycles. The fraction of sp³-hybridized carbons (Fsp3) is 0.500. The van der Waals surface area contributed by atoms with Gasteiger partial charge in [0.1, 0.15) is 0 Å². The molecule has 16 heavy (non-hydrogen) atoms. The van der Waals surface area contributed by atoms with Crippen LogP contribution in [0, 0.1) is 0 Å². The molecule has 0 amide bonds. The van der Waals surface area contributed by atoms with Gasteiger partial charge in [-0.3, -0.25) is 0 Å². The molecule has 1 aromatic carbocycles. The number of hydrogen-bond donors (Lipinski definition) is 0. The summed E-state index contributed by atoms with van der Waals surface area (Å²) < 4.78 is 6.25. The van der Waals surface area contributed by atoms with Crippen molar-refractivity contribution >= 4 is 37.5 Å². The molecule has 90 valence electrons. The number of anilines is 1. The Morgan fingerprint density at radius 1 is 1.38 bits per heavy atom. The topological polar surface area (TPSA) is 12.5 Å². The zero-order valence-electron chi connectivity index (χ0n) is 9.67. The van der Waals surface area contributed by atoms with Gasteiger partial charge in [0.25, 0.3) is 0 Å². The second-order valence-electron chi connectivity index (χ2n) is 3.48. The minimum Gasteiger partial charge on any atom is -0.383 e. The van der Waals surface area contributed by atoms with E-state index in [4.69, 9.17) is 4.74 Å². The molecule has 1 aromatic rings. The Bertz CT molecular complexity index is 331. The molecule has 0 unspecified atom stereocenters. The maximum absolute atomic E-state index is 5.13. The number of hydrogen-bond acceptors (Lipinski definition) is 2. The van der Waals surface area contributed by atoms with Gasteiger partial charge in [-0.2, -0.15) is 0 Å². The minimum atomic E-state index is 0.752. The first-order valence-corrected chi connectivity index (χ1v) is 7.22. The third kappa shape index (κ3) is 3.75. The van der Waals surface area contributed by atoms with E-state index in [1.54, 1.807) is 7.11 Å². The summed E-state index contributed by atoms with van der Waals surface area (Å²) in [5, 5.41) is 0.874. The van der Waals surface area contributed by atoms with Crippen LogP contribution in [-0.2, 0) is 10.1 Å². The fourth-order valence-corrected chi connectivity index (χ4v) is 2.42. The molecule has 0 saturated heterocycles. The van der Waals surface area contributed by atoms with E-state index in [0.717, 1.165) is 29.5 Å². The summed E-state index contributed by atoms with van der Waals surface area (Å²) in [7, 11) is 1.74. The predicted molar refractivity (Wildman–Crippen MR) is 76.5 cm³/mol. The van der Waals surface area contributed by atoms with Gasteiger partial charge in [0.2, 0.25) is 0 Å². The highest BCUT2D eigenvalue weighted by Gasteiger charge is 2.09. The van der Waals surface area contributed by atoms with Crippen molar-refractivity contribution in [3.63, 3.8) is 0 Å². The molecule has 0 N–H and O–H groups in total. The Balaban J connectivity index is 2.92. The van der Waals surface area contributed by atoms with Gasteiger partial charge >= 0.3 is 0 Å². The van der Waals surface area contributed by atoms with Crippen LogP contribution in [-0.4, -0.2) is 26.8 Å². The molecular formula is C12H17Br2NO. The maximum Gasteiger partial charge on any atom is 0.0637 e. The zero-order chi connectivity index (χ0) is 12.0. The van der Waals surface area contributed by atoms with Crippen LogP contribution in [0.25, 0.3) is 0 Å². The van der Waals surface area contributed by atoms with Crippen molar-refractivity contribution in [2.75, 3.05) is 31.7 Å². The van der Waals surface area contributed by atoms with E-state index in [1.807, 2.05) is 0 Å². The van der Waals surface area contributed by atoms with Gasteiger partial charge in [0.05, 0.1) is 6.61 Å². The highest BCUT2D eigenvalue weighted by molar-refractivity contribution is 9.10. The number of methoxy groups -OCH3 is 1. The Labute approximate surface area is 114 Å². The summed E-state index contributed by atoms with van der Waals surface area (Å²) in [5.74, 6) is 0. The minimum absolute atomic E-state index is 0.752. The van der Waals surface area contributed by atoms with E-state index in [9.17, 15) is 0 Å². The molecule has 0 radical (unpaired) electrons. The van der Waals surface area contributed by atoms with E-state index in [1.165, 1.54) is 11.3 Å². The lowest BCUT2D eigenvalue weighted by atomic mass is 10.2. The number of benzene rings is 1. The molecule has 0 aromatic heterocycles. The fourth-order valence-electron chi connectivity index (χ4n) is 1.59. The Morgan fingerprint density at radius 2 is 2.12 bits per heavy atom. The Hall–Kier alpha value is -0.0600. The largest absolute Gasteiger partial charge is 0.383 e. The second kappa shape index (κ2) is 7.30. The molecule has 0 aliphatic heterocycles. The third-order valence-electron chi connectivity index (χ3n) is 2.48. The number of halogens is 2. The Kier molecular flexibility index (Phi) is 6.39. The average molecular weight is 351 g/mol. The zero-order valence-corrected chi connectivity index (χ0v) is 12.8. The molecule has 0 saturated carbocycles. The molecule has 2 nitrogen and oxygen atoms in total. The molecule has 0 spiro atoms. The lowest BCUT2D eigenvalue weighted by Crippen LogP contribution is -2.27. The summed E-state index contributed by atoms with van der Waals surface area (Å²) in [6.45, 7) is 4.82. The second-order valence-corrected chi connectivity index (χ2v) is 4.96. The van der Waals surface area contributed by atoms with Gasteiger partial charge in [0.15, 0.2) is 0 Å². The van der Waals surface area contributed by atoms with E-state index in [0.29, 0.717) is 0 Å². The van der Waals surface area contributed by atoms with Crippen LogP contribution in [0.5, 0.6) is 0 Å². The molecule has 0 atom stereocenters. The van der Waals surface area contributed by atoms with Crippen LogP contribution in [0.1, 0.15) is 12.5 Å². The summed E-state index contributed by atoms with van der Waals surface area (Å²) in [6.07, 6.45) is 0. The van der Waals surface area contributed by atoms with Crippen LogP contribution >= 0.6 is 31.9 Å². The van der Waals surface area contributed by atoms with Crippen molar-refractivity contribution in [2.24, 2.45) is 0 Å². The number of ether oxygens (including phenoxy) is 1. The Morgan fingerprint density at radius 3 is 2.69 bits per heavy atom. The molecule has 1 rings (SSSR count). The van der Waals surface area contributed by atoms with Crippen LogP contribution in [0.2, 0.25) is 0 Å².